The molecule has 142 valence electrons. The van der Waals surface area contributed by atoms with Crippen LogP contribution in [0.25, 0.3) is 0 Å². The fraction of sp³-hybridized carbons (Fsp3) is 0.250. The van der Waals surface area contributed by atoms with Crippen LogP contribution in [0.1, 0.15) is 17.5 Å². The van der Waals surface area contributed by atoms with E-state index < -0.39 is 17.7 Å². The number of hydrogen-bond acceptors (Lipinski definition) is 7. The minimum Gasteiger partial charge on any atom is -0.451 e. The van der Waals surface area contributed by atoms with Crippen molar-refractivity contribution in [1.29, 1.82) is 0 Å². The lowest BCUT2D eigenvalue weighted by Crippen LogP contribution is -2.18. The summed E-state index contributed by atoms with van der Waals surface area (Å²) in [4.78, 5) is 11.9. The van der Waals surface area contributed by atoms with Crippen molar-refractivity contribution in [3.8, 4) is 6.01 Å². The summed E-state index contributed by atoms with van der Waals surface area (Å²) in [6.07, 6.45) is 1.22. The number of rotatable bonds is 7. The Balaban J connectivity index is 1.84. The third kappa shape index (κ3) is 4.66. The number of pyridine rings is 1. The molecule has 11 heteroatoms. The summed E-state index contributed by atoms with van der Waals surface area (Å²) >= 11 is 6.09. The van der Waals surface area contributed by atoms with Gasteiger partial charge in [0.25, 0.3) is 0 Å². The van der Waals surface area contributed by atoms with E-state index in [1.165, 1.54) is 13.3 Å². The van der Waals surface area contributed by atoms with Gasteiger partial charge in [0.15, 0.2) is 23.6 Å². The standard InChI is InChI=1S/C16H15ClF2N6O2/c1-8-3-13(25-24-8)22-15-10(17)6-21-16(23-15)27-12(7-26-2)14-11(19)4-9(18)5-20-14/h3-6,12H,7H2,1-2H3,(H2,21,22,23,24,25). The van der Waals surface area contributed by atoms with Crippen molar-refractivity contribution >= 4 is 23.2 Å². The SMILES string of the molecule is COCC(Oc1ncc(Cl)c(Nc2cc(C)[nH]n2)n1)c1ncc(F)cc1F. The molecule has 0 fully saturated rings. The van der Waals surface area contributed by atoms with Crippen molar-refractivity contribution in [2.45, 2.75) is 13.0 Å². The van der Waals surface area contributed by atoms with E-state index >= 15 is 0 Å². The second-order valence-electron chi connectivity index (χ2n) is 5.49. The van der Waals surface area contributed by atoms with Gasteiger partial charge in [-0.05, 0) is 6.92 Å². The Bertz CT molecular complexity index is 939. The largest absolute Gasteiger partial charge is 0.451 e. The zero-order valence-corrected chi connectivity index (χ0v) is 15.1. The van der Waals surface area contributed by atoms with Gasteiger partial charge in [-0.25, -0.2) is 13.8 Å². The van der Waals surface area contributed by atoms with Gasteiger partial charge in [-0.3, -0.25) is 10.1 Å². The molecule has 0 aromatic carbocycles. The maximum absolute atomic E-state index is 14.0. The van der Waals surface area contributed by atoms with Crippen molar-refractivity contribution in [3.63, 3.8) is 0 Å². The lowest BCUT2D eigenvalue weighted by molar-refractivity contribution is 0.0693. The smallest absolute Gasteiger partial charge is 0.319 e. The van der Waals surface area contributed by atoms with Crippen LogP contribution in [0.5, 0.6) is 6.01 Å². The lowest BCUT2D eigenvalue weighted by atomic mass is 10.2. The lowest BCUT2D eigenvalue weighted by Gasteiger charge is -2.17. The number of ether oxygens (including phenoxy) is 2. The molecular formula is C16H15ClF2N6O2. The molecule has 0 saturated heterocycles. The number of hydrogen-bond donors (Lipinski definition) is 2. The van der Waals surface area contributed by atoms with Gasteiger partial charge in [0.1, 0.15) is 16.5 Å². The highest BCUT2D eigenvalue weighted by molar-refractivity contribution is 6.32. The normalized spacial score (nSPS) is 12.0. The topological polar surface area (TPSA) is 97.8 Å². The molecule has 0 amide bonds. The molecule has 8 nitrogen and oxygen atoms in total. The molecular weight excluding hydrogens is 382 g/mol. The number of H-pyrrole nitrogens is 1. The quantitative estimate of drug-likeness (QED) is 0.632. The van der Waals surface area contributed by atoms with E-state index in [1.54, 1.807) is 6.07 Å². The van der Waals surface area contributed by atoms with Crippen molar-refractivity contribution in [2.75, 3.05) is 19.0 Å². The highest BCUT2D eigenvalue weighted by atomic mass is 35.5. The number of aromatic nitrogens is 5. The Morgan fingerprint density at radius 1 is 1.26 bits per heavy atom. The Kier molecular flexibility index (Phi) is 5.77. The van der Waals surface area contributed by atoms with Crippen LogP contribution in [0.3, 0.4) is 0 Å². The predicted molar refractivity (Wildman–Crippen MR) is 93.0 cm³/mol. The predicted octanol–water partition coefficient (Wildman–Crippen LogP) is 3.34. The van der Waals surface area contributed by atoms with Crippen LogP contribution >= 0.6 is 11.6 Å². The van der Waals surface area contributed by atoms with Crippen molar-refractivity contribution < 1.29 is 18.3 Å². The molecule has 1 atom stereocenters. The number of aromatic amines is 1. The highest BCUT2D eigenvalue weighted by Gasteiger charge is 2.22. The van der Waals surface area contributed by atoms with E-state index in [9.17, 15) is 8.78 Å². The van der Waals surface area contributed by atoms with Gasteiger partial charge in [0.05, 0.1) is 19.0 Å². The summed E-state index contributed by atoms with van der Waals surface area (Å²) in [7, 11) is 1.41. The van der Waals surface area contributed by atoms with Gasteiger partial charge < -0.3 is 14.8 Å². The van der Waals surface area contributed by atoms with E-state index in [-0.39, 0.29) is 29.2 Å². The molecule has 0 aliphatic heterocycles. The maximum atomic E-state index is 14.0. The first-order valence-corrected chi connectivity index (χ1v) is 8.12. The summed E-state index contributed by atoms with van der Waals surface area (Å²) in [6, 6.07) is 2.37. The Morgan fingerprint density at radius 2 is 2.07 bits per heavy atom. The number of halogens is 3. The third-order valence-electron chi connectivity index (χ3n) is 3.38. The van der Waals surface area contributed by atoms with Crippen LogP contribution in [-0.2, 0) is 4.74 Å². The summed E-state index contributed by atoms with van der Waals surface area (Å²) in [5.74, 6) is -0.914. The summed E-state index contributed by atoms with van der Waals surface area (Å²) in [5.41, 5.74) is 0.714. The monoisotopic (exact) mass is 396 g/mol. The van der Waals surface area contributed by atoms with Gasteiger partial charge >= 0.3 is 6.01 Å². The number of methoxy groups -OCH3 is 1. The van der Waals surface area contributed by atoms with E-state index in [4.69, 9.17) is 21.1 Å². The molecule has 27 heavy (non-hydrogen) atoms. The number of nitrogens with zero attached hydrogens (tertiary/aromatic N) is 4. The molecule has 0 aliphatic rings. The van der Waals surface area contributed by atoms with Gasteiger partial charge in [-0.1, -0.05) is 11.6 Å². The molecule has 3 rings (SSSR count). The zero-order valence-electron chi connectivity index (χ0n) is 14.3. The van der Waals surface area contributed by atoms with E-state index in [2.05, 4.69) is 30.5 Å². The number of anilines is 2. The molecule has 3 heterocycles. The van der Waals surface area contributed by atoms with Crippen molar-refractivity contribution in [1.82, 2.24) is 25.1 Å². The van der Waals surface area contributed by atoms with Crippen molar-refractivity contribution in [3.05, 3.63) is 52.6 Å². The minimum absolute atomic E-state index is 0.0527. The first-order valence-electron chi connectivity index (χ1n) is 7.74. The number of nitrogens with one attached hydrogen (secondary N) is 2. The second-order valence-corrected chi connectivity index (χ2v) is 5.90. The van der Waals surface area contributed by atoms with Crippen molar-refractivity contribution in [2.24, 2.45) is 0 Å². The fourth-order valence-corrected chi connectivity index (χ4v) is 2.35. The Labute approximate surface area is 157 Å². The molecule has 2 N–H and O–H groups in total. The van der Waals surface area contributed by atoms with Gasteiger partial charge in [0.2, 0.25) is 0 Å². The Hall–Kier alpha value is -2.85. The van der Waals surface area contributed by atoms with E-state index in [0.29, 0.717) is 11.9 Å². The van der Waals surface area contributed by atoms with Crippen LogP contribution in [0.4, 0.5) is 20.4 Å². The van der Waals surface area contributed by atoms with Crippen LogP contribution in [-0.4, -0.2) is 38.9 Å². The van der Waals surface area contributed by atoms with Crippen LogP contribution in [0.15, 0.2) is 24.5 Å². The number of aryl methyl sites for hydroxylation is 1. The van der Waals surface area contributed by atoms with Gasteiger partial charge in [-0.15, -0.1) is 0 Å². The first-order chi connectivity index (χ1) is 13.0. The average Bonchev–Trinajstić information content (AvgIpc) is 3.02. The molecule has 0 aliphatic carbocycles. The Morgan fingerprint density at radius 3 is 2.74 bits per heavy atom. The first kappa shape index (κ1) is 18.9. The van der Waals surface area contributed by atoms with Crippen LogP contribution in [0.2, 0.25) is 5.02 Å². The van der Waals surface area contributed by atoms with Crippen LogP contribution < -0.4 is 10.1 Å². The highest BCUT2D eigenvalue weighted by Crippen LogP contribution is 2.26. The van der Waals surface area contributed by atoms with E-state index in [0.717, 1.165) is 11.9 Å². The van der Waals surface area contributed by atoms with E-state index in [1.807, 2.05) is 6.92 Å². The minimum atomic E-state index is -0.989. The molecule has 1 unspecified atom stereocenters. The van der Waals surface area contributed by atoms with Crippen LogP contribution in [0, 0.1) is 18.6 Å². The second kappa shape index (κ2) is 8.23. The zero-order chi connectivity index (χ0) is 19.4. The maximum Gasteiger partial charge on any atom is 0.319 e. The molecule has 0 saturated carbocycles. The molecule has 0 bridgehead atoms. The molecule has 3 aromatic heterocycles. The fourth-order valence-electron chi connectivity index (χ4n) is 2.21. The molecule has 3 aromatic rings. The summed E-state index contributed by atoms with van der Waals surface area (Å²) in [5, 5.41) is 9.96. The van der Waals surface area contributed by atoms with Gasteiger partial charge in [-0.2, -0.15) is 10.1 Å². The summed E-state index contributed by atoms with van der Waals surface area (Å²) in [6.45, 7) is 1.79. The molecule has 0 spiro atoms. The van der Waals surface area contributed by atoms with Gasteiger partial charge in [0, 0.05) is 24.9 Å². The molecule has 0 radical (unpaired) electrons. The average molecular weight is 397 g/mol. The third-order valence-corrected chi connectivity index (χ3v) is 3.66. The summed E-state index contributed by atoms with van der Waals surface area (Å²) < 4.78 is 37.8.